The largest absolute Gasteiger partial charge is 0.470 e. The first kappa shape index (κ1) is 33.5. The molecule has 3 aliphatic heterocycles. The highest BCUT2D eigenvalue weighted by molar-refractivity contribution is 6.17. The molecule has 254 valence electrons. The highest BCUT2D eigenvalue weighted by Gasteiger charge is 2.84. The second-order valence-electron chi connectivity index (χ2n) is 13.3. The maximum Gasteiger partial charge on any atom is 0.308 e. The summed E-state index contributed by atoms with van der Waals surface area (Å²) in [4.78, 5) is 71.4. The number of likely N-dealkylation sites (tertiary alicyclic amines) is 1. The number of ketones is 4. The normalized spacial score (nSPS) is 38.7. The molecule has 6 rings (SSSR count). The number of likely N-dealkylation sites (N-methyl/N-ethyl adjacent to an activating group) is 1. The van der Waals surface area contributed by atoms with Crippen molar-refractivity contribution in [2.75, 3.05) is 20.2 Å². The van der Waals surface area contributed by atoms with Crippen molar-refractivity contribution in [1.82, 2.24) is 4.90 Å². The van der Waals surface area contributed by atoms with Crippen LogP contribution in [-0.2, 0) is 45.3 Å². The lowest BCUT2D eigenvalue weighted by Gasteiger charge is -2.65. The van der Waals surface area contributed by atoms with E-state index in [0.717, 1.165) is 13.8 Å². The lowest BCUT2D eigenvalue weighted by molar-refractivity contribution is -0.334. The van der Waals surface area contributed by atoms with Crippen LogP contribution in [0.15, 0.2) is 23.3 Å². The van der Waals surface area contributed by atoms with E-state index < -0.39 is 101 Å². The monoisotopic (exact) mass is 657 g/mol. The van der Waals surface area contributed by atoms with Crippen LogP contribution in [0.1, 0.15) is 52.2 Å². The third-order valence-corrected chi connectivity index (χ3v) is 10.9. The smallest absolute Gasteiger partial charge is 0.308 e. The van der Waals surface area contributed by atoms with Gasteiger partial charge >= 0.3 is 5.97 Å². The second-order valence-corrected chi connectivity index (χ2v) is 13.3. The number of rotatable bonds is 8. The van der Waals surface area contributed by atoms with Gasteiger partial charge in [-0.05, 0) is 65.8 Å². The molecule has 2 saturated heterocycles. The molecule has 2 bridgehead atoms. The van der Waals surface area contributed by atoms with Gasteiger partial charge in [0.2, 0.25) is 11.2 Å². The van der Waals surface area contributed by atoms with Crippen LogP contribution in [0.2, 0.25) is 0 Å². The Bertz CT molecular complexity index is 1630. The lowest BCUT2D eigenvalue weighted by Crippen LogP contribution is -2.83. The van der Waals surface area contributed by atoms with E-state index in [9.17, 15) is 44.4 Å². The van der Waals surface area contributed by atoms with E-state index >= 15 is 0 Å². The van der Waals surface area contributed by atoms with Crippen LogP contribution in [0.5, 0.6) is 11.5 Å². The van der Waals surface area contributed by atoms with Gasteiger partial charge in [0.15, 0.2) is 40.9 Å². The number of Topliss-reactive ketones (excluding diaryl/α,β-unsaturated/α-hetero) is 4. The fraction of sp³-hybridized carbons (Fsp3) is 0.606. The Morgan fingerprint density at radius 1 is 0.957 bits per heavy atom. The van der Waals surface area contributed by atoms with Gasteiger partial charge in [0.1, 0.15) is 24.4 Å². The number of nitrogens with zero attached hydrogens (tertiary/aromatic N) is 1. The molecule has 0 aromatic heterocycles. The molecule has 0 saturated carbocycles. The summed E-state index contributed by atoms with van der Waals surface area (Å²) in [5.74, 6) is -4.70. The molecule has 1 spiro atoms. The number of aliphatic hydroxyl groups excluding tert-OH is 4. The second kappa shape index (κ2) is 11.1. The minimum atomic E-state index is -2.79. The molecule has 10 atom stereocenters. The molecule has 0 amide bonds. The predicted molar refractivity (Wildman–Crippen MR) is 158 cm³/mol. The number of hydrogen-bond acceptors (Lipinski definition) is 14. The van der Waals surface area contributed by atoms with E-state index in [1.54, 1.807) is 6.07 Å². The maximum absolute atomic E-state index is 14.7. The fourth-order valence-corrected chi connectivity index (χ4v) is 9.25. The SMILES string of the molecule is CC(=O)Oc1ccc2c3c1O[C@@]1(C(C)=O)[C@](OC4O[C@H](CO)[C@@H](O)[C@H](O)[C@H]4O)(C(C)=O)C(C(C)=O)=C(C(C)=O)[C@H]4[C@@H](C2)N(C)CC[C@@]341. The van der Waals surface area contributed by atoms with Gasteiger partial charge < -0.3 is 44.3 Å². The van der Waals surface area contributed by atoms with E-state index in [0.29, 0.717) is 24.1 Å². The van der Waals surface area contributed by atoms with Gasteiger partial charge in [-0.15, -0.1) is 0 Å². The van der Waals surface area contributed by atoms with Gasteiger partial charge in [-0.25, -0.2) is 0 Å². The zero-order chi connectivity index (χ0) is 34.5. The van der Waals surface area contributed by atoms with Gasteiger partial charge in [0.25, 0.3) is 0 Å². The summed E-state index contributed by atoms with van der Waals surface area (Å²) < 4.78 is 24.5. The summed E-state index contributed by atoms with van der Waals surface area (Å²) in [5.41, 5.74) is -6.13. The molecule has 1 aromatic carbocycles. The number of aliphatic hydroxyl groups is 4. The molecule has 14 heteroatoms. The lowest BCUT2D eigenvalue weighted by atomic mass is 9.41. The molecule has 3 heterocycles. The Balaban J connectivity index is 1.78. The molecule has 5 aliphatic rings. The molecular formula is C33H39NO13. The Kier molecular flexibility index (Phi) is 7.91. The number of benzene rings is 1. The molecule has 2 fully saturated rings. The Morgan fingerprint density at radius 2 is 1.64 bits per heavy atom. The van der Waals surface area contributed by atoms with Crippen LogP contribution in [-0.4, -0.2) is 123 Å². The topological polar surface area (TPSA) is 206 Å². The standard InChI is InChI=1S/C33H39NO13/c1-13(36)22-23(14(2)37)32(15(3)38,47-30-28(43)27(42)26(41)21(12-35)45-30)33(16(4)39)31-9-10-34(6)19(25(22)31)11-18-7-8-20(44-17(5)40)29(46-33)24(18)31/h7-8,19,21,25-28,30,35,41-43H,9-12H2,1-6H3/t19-,21-,25-,26-,27+,28-,30?,31-,32+,33-/m1/s1. The van der Waals surface area contributed by atoms with E-state index in [4.69, 9.17) is 18.9 Å². The van der Waals surface area contributed by atoms with Crippen molar-refractivity contribution in [2.24, 2.45) is 5.92 Å². The highest BCUT2D eigenvalue weighted by atomic mass is 16.7. The zero-order valence-corrected chi connectivity index (χ0v) is 26.9. The Hall–Kier alpha value is -3.37. The summed E-state index contributed by atoms with van der Waals surface area (Å²) in [5, 5.41) is 42.2. The van der Waals surface area contributed by atoms with Crippen molar-refractivity contribution in [3.05, 3.63) is 34.4 Å². The summed E-state index contributed by atoms with van der Waals surface area (Å²) >= 11 is 0. The van der Waals surface area contributed by atoms with Crippen molar-refractivity contribution in [3.63, 3.8) is 0 Å². The van der Waals surface area contributed by atoms with Crippen LogP contribution >= 0.6 is 0 Å². The summed E-state index contributed by atoms with van der Waals surface area (Å²) in [7, 11) is 1.87. The quantitative estimate of drug-likeness (QED) is 0.197. The van der Waals surface area contributed by atoms with Gasteiger partial charge in [-0.3, -0.25) is 24.0 Å². The minimum Gasteiger partial charge on any atom is -0.470 e. The van der Waals surface area contributed by atoms with E-state index in [2.05, 4.69) is 0 Å². The van der Waals surface area contributed by atoms with Gasteiger partial charge in [0, 0.05) is 35.6 Å². The summed E-state index contributed by atoms with van der Waals surface area (Å²) in [6.45, 7) is 5.33. The van der Waals surface area contributed by atoms with Crippen LogP contribution in [0.25, 0.3) is 0 Å². The molecular weight excluding hydrogens is 618 g/mol. The molecule has 2 aliphatic carbocycles. The molecule has 47 heavy (non-hydrogen) atoms. The van der Waals surface area contributed by atoms with Gasteiger partial charge in [-0.1, -0.05) is 6.07 Å². The third kappa shape index (κ3) is 4.06. The predicted octanol–water partition coefficient (Wildman–Crippen LogP) is -0.921. The first-order valence-electron chi connectivity index (χ1n) is 15.5. The number of carbonyl (C=O) groups excluding carboxylic acids is 5. The zero-order valence-electron chi connectivity index (χ0n) is 26.9. The number of ether oxygens (including phenoxy) is 4. The Labute approximate surface area is 270 Å². The first-order valence-corrected chi connectivity index (χ1v) is 15.5. The Morgan fingerprint density at radius 3 is 2.19 bits per heavy atom. The van der Waals surface area contributed by atoms with Crippen molar-refractivity contribution in [3.8, 4) is 11.5 Å². The minimum absolute atomic E-state index is 0.0170. The van der Waals surface area contributed by atoms with Crippen LogP contribution < -0.4 is 9.47 Å². The number of esters is 1. The molecule has 0 radical (unpaired) electrons. The van der Waals surface area contributed by atoms with Crippen LogP contribution in [0.3, 0.4) is 0 Å². The number of carbonyl (C=O) groups is 5. The average Bonchev–Trinajstić information content (AvgIpc) is 3.32. The average molecular weight is 658 g/mol. The molecule has 14 nitrogen and oxygen atoms in total. The number of piperidine rings is 1. The summed E-state index contributed by atoms with van der Waals surface area (Å²) in [6.07, 6.45) is -8.79. The van der Waals surface area contributed by atoms with E-state index in [1.807, 2.05) is 11.9 Å². The van der Waals surface area contributed by atoms with Crippen LogP contribution in [0, 0.1) is 5.92 Å². The fourth-order valence-electron chi connectivity index (χ4n) is 9.25. The first-order chi connectivity index (χ1) is 22.0. The molecule has 1 aromatic rings. The number of hydrogen-bond donors (Lipinski definition) is 4. The highest BCUT2D eigenvalue weighted by Crippen LogP contribution is 2.72. The van der Waals surface area contributed by atoms with Gasteiger partial charge in [0.05, 0.1) is 12.0 Å². The molecule has 1 unspecified atom stereocenters. The summed E-state index contributed by atoms with van der Waals surface area (Å²) in [6, 6.07) is 2.81. The van der Waals surface area contributed by atoms with E-state index in [1.165, 1.54) is 26.8 Å². The van der Waals surface area contributed by atoms with Crippen molar-refractivity contribution < 1.29 is 63.3 Å². The van der Waals surface area contributed by atoms with Crippen LogP contribution in [0.4, 0.5) is 0 Å². The van der Waals surface area contributed by atoms with Gasteiger partial charge in [-0.2, -0.15) is 0 Å². The third-order valence-electron chi connectivity index (χ3n) is 10.9. The van der Waals surface area contributed by atoms with E-state index in [-0.39, 0.29) is 23.5 Å². The van der Waals surface area contributed by atoms with Crippen molar-refractivity contribution in [1.29, 1.82) is 0 Å². The maximum atomic E-state index is 14.7. The van der Waals surface area contributed by atoms with Crippen molar-refractivity contribution in [2.45, 2.75) is 101 Å². The molecule has 4 N–H and O–H groups in total. The van der Waals surface area contributed by atoms with Crippen molar-refractivity contribution >= 4 is 29.1 Å².